The number of amides is 1. The second kappa shape index (κ2) is 9.75. The van der Waals surface area contributed by atoms with E-state index in [9.17, 15) is 4.79 Å². The zero-order valence-electron chi connectivity index (χ0n) is 12.6. The summed E-state index contributed by atoms with van der Waals surface area (Å²) in [5.74, 6) is 0.572. The molecule has 110 valence electrons. The van der Waals surface area contributed by atoms with Gasteiger partial charge in [0.15, 0.2) is 0 Å². The van der Waals surface area contributed by atoms with E-state index in [2.05, 4.69) is 27.0 Å². The van der Waals surface area contributed by atoms with Crippen LogP contribution in [0.2, 0.25) is 0 Å². The highest BCUT2D eigenvalue weighted by molar-refractivity contribution is 5.78. The van der Waals surface area contributed by atoms with Gasteiger partial charge in [-0.2, -0.15) is 0 Å². The number of hydrogen-bond acceptors (Lipinski definition) is 3. The smallest absolute Gasteiger partial charge is 0.237 e. The summed E-state index contributed by atoms with van der Waals surface area (Å²) in [6.07, 6.45) is 4.37. The van der Waals surface area contributed by atoms with Crippen molar-refractivity contribution in [3.63, 3.8) is 0 Å². The molecule has 1 unspecified atom stereocenters. The molecule has 0 saturated carbocycles. The average molecular weight is 267 g/mol. The van der Waals surface area contributed by atoms with Crippen molar-refractivity contribution in [2.75, 3.05) is 33.2 Å². The lowest BCUT2D eigenvalue weighted by Gasteiger charge is -2.24. The summed E-state index contributed by atoms with van der Waals surface area (Å²) in [4.78, 5) is 15.8. The molecule has 0 aromatic heterocycles. The lowest BCUT2D eigenvalue weighted by atomic mass is 10.0. The zero-order chi connectivity index (χ0) is 14.8. The second-order valence-corrected chi connectivity index (χ2v) is 5.31. The van der Waals surface area contributed by atoms with Crippen molar-refractivity contribution in [3.8, 4) is 0 Å². The first-order chi connectivity index (χ1) is 8.92. The van der Waals surface area contributed by atoms with Crippen LogP contribution in [0.25, 0.3) is 0 Å². The van der Waals surface area contributed by atoms with Gasteiger partial charge in [0, 0.05) is 19.1 Å². The van der Waals surface area contributed by atoms with Gasteiger partial charge in [-0.3, -0.25) is 9.69 Å². The van der Waals surface area contributed by atoms with Crippen molar-refractivity contribution in [2.45, 2.75) is 26.3 Å². The van der Waals surface area contributed by atoms with Crippen LogP contribution in [0.15, 0.2) is 25.3 Å². The predicted octanol–water partition coefficient (Wildman–Crippen LogP) is 1.49. The van der Waals surface area contributed by atoms with E-state index in [0.29, 0.717) is 25.6 Å². The van der Waals surface area contributed by atoms with E-state index < -0.39 is 0 Å². The van der Waals surface area contributed by atoms with Crippen molar-refractivity contribution >= 4 is 5.91 Å². The zero-order valence-corrected chi connectivity index (χ0v) is 12.6. The van der Waals surface area contributed by atoms with Crippen LogP contribution in [0.4, 0.5) is 0 Å². The molecule has 0 aromatic carbocycles. The van der Waals surface area contributed by atoms with Crippen molar-refractivity contribution in [3.05, 3.63) is 25.3 Å². The molecular weight excluding hydrogens is 238 g/mol. The maximum Gasteiger partial charge on any atom is 0.237 e. The Morgan fingerprint density at radius 3 is 2.21 bits per heavy atom. The van der Waals surface area contributed by atoms with Gasteiger partial charge in [0.2, 0.25) is 5.91 Å². The van der Waals surface area contributed by atoms with Crippen molar-refractivity contribution in [2.24, 2.45) is 11.7 Å². The average Bonchev–Trinajstić information content (AvgIpc) is 2.35. The Morgan fingerprint density at radius 2 is 1.79 bits per heavy atom. The minimum Gasteiger partial charge on any atom is -0.334 e. The monoisotopic (exact) mass is 267 g/mol. The number of carbonyl (C=O) groups is 1. The topological polar surface area (TPSA) is 49.6 Å². The van der Waals surface area contributed by atoms with Gasteiger partial charge < -0.3 is 10.6 Å². The van der Waals surface area contributed by atoms with E-state index in [1.54, 1.807) is 17.1 Å². The first-order valence-corrected chi connectivity index (χ1v) is 6.86. The number of carbonyl (C=O) groups excluding carboxylic acids is 1. The molecule has 4 heteroatoms. The SMILES string of the molecule is C=CCN(CC=C)C(=O)CN(C)CCC(N)C(C)C. The van der Waals surface area contributed by atoms with Gasteiger partial charge in [-0.05, 0) is 25.9 Å². The largest absolute Gasteiger partial charge is 0.334 e. The van der Waals surface area contributed by atoms with Crippen LogP contribution in [-0.2, 0) is 4.79 Å². The quantitative estimate of drug-likeness (QED) is 0.610. The van der Waals surface area contributed by atoms with Gasteiger partial charge in [-0.15, -0.1) is 13.2 Å². The summed E-state index contributed by atoms with van der Waals surface area (Å²) in [7, 11) is 1.95. The molecule has 4 nitrogen and oxygen atoms in total. The molecule has 0 heterocycles. The summed E-state index contributed by atoms with van der Waals surface area (Å²) < 4.78 is 0. The van der Waals surface area contributed by atoms with Crippen LogP contribution >= 0.6 is 0 Å². The van der Waals surface area contributed by atoms with Crippen molar-refractivity contribution in [1.82, 2.24) is 9.80 Å². The fraction of sp³-hybridized carbons (Fsp3) is 0.667. The minimum absolute atomic E-state index is 0.0976. The molecule has 0 fully saturated rings. The third-order valence-corrected chi connectivity index (χ3v) is 3.16. The highest BCUT2D eigenvalue weighted by Gasteiger charge is 2.14. The minimum atomic E-state index is 0.0976. The fourth-order valence-corrected chi connectivity index (χ4v) is 1.70. The van der Waals surface area contributed by atoms with Gasteiger partial charge in [0.25, 0.3) is 0 Å². The van der Waals surface area contributed by atoms with Crippen LogP contribution in [-0.4, -0.2) is 55.0 Å². The molecule has 0 aliphatic heterocycles. The van der Waals surface area contributed by atoms with Gasteiger partial charge in [-0.25, -0.2) is 0 Å². The van der Waals surface area contributed by atoms with Gasteiger partial charge >= 0.3 is 0 Å². The van der Waals surface area contributed by atoms with Crippen LogP contribution in [0.3, 0.4) is 0 Å². The fourth-order valence-electron chi connectivity index (χ4n) is 1.70. The van der Waals surface area contributed by atoms with E-state index in [-0.39, 0.29) is 11.9 Å². The standard InChI is InChI=1S/C15H29N3O/c1-6-9-18(10-7-2)15(19)12-17(5)11-8-14(16)13(3)4/h6-7,13-14H,1-2,8-12,16H2,3-5H3. The van der Waals surface area contributed by atoms with Gasteiger partial charge in [-0.1, -0.05) is 26.0 Å². The molecule has 0 bridgehead atoms. The summed E-state index contributed by atoms with van der Waals surface area (Å²) in [6.45, 7) is 13.9. The first-order valence-electron chi connectivity index (χ1n) is 6.86. The molecular formula is C15H29N3O. The van der Waals surface area contributed by atoms with Gasteiger partial charge in [0.05, 0.1) is 6.54 Å². The summed E-state index contributed by atoms with van der Waals surface area (Å²) in [6, 6.07) is 0.190. The number of likely N-dealkylation sites (N-methyl/N-ethyl adjacent to an activating group) is 1. The molecule has 0 saturated heterocycles. The van der Waals surface area contributed by atoms with E-state index in [1.165, 1.54) is 0 Å². The van der Waals surface area contributed by atoms with Crippen LogP contribution in [0.5, 0.6) is 0 Å². The van der Waals surface area contributed by atoms with E-state index in [0.717, 1.165) is 13.0 Å². The molecule has 2 N–H and O–H groups in total. The Kier molecular flexibility index (Phi) is 9.17. The predicted molar refractivity (Wildman–Crippen MR) is 81.9 cm³/mol. The van der Waals surface area contributed by atoms with Crippen LogP contribution in [0, 0.1) is 5.92 Å². The molecule has 1 amide bonds. The molecule has 0 rings (SSSR count). The number of nitrogens with zero attached hydrogens (tertiary/aromatic N) is 2. The molecule has 0 aliphatic carbocycles. The normalized spacial score (nSPS) is 12.5. The molecule has 0 radical (unpaired) electrons. The van der Waals surface area contributed by atoms with E-state index in [1.807, 2.05) is 11.9 Å². The summed E-state index contributed by atoms with van der Waals surface area (Å²) >= 11 is 0. The molecule has 0 spiro atoms. The Hall–Kier alpha value is -1.13. The summed E-state index contributed by atoms with van der Waals surface area (Å²) in [5.41, 5.74) is 6.00. The Labute approximate surface area is 117 Å². The molecule has 19 heavy (non-hydrogen) atoms. The Balaban J connectivity index is 4.14. The maximum absolute atomic E-state index is 12.1. The molecule has 0 aromatic rings. The molecule has 1 atom stereocenters. The van der Waals surface area contributed by atoms with Gasteiger partial charge in [0.1, 0.15) is 0 Å². The third kappa shape index (κ3) is 7.80. The van der Waals surface area contributed by atoms with Crippen LogP contribution < -0.4 is 5.73 Å². The first kappa shape index (κ1) is 17.9. The van der Waals surface area contributed by atoms with Crippen molar-refractivity contribution < 1.29 is 4.79 Å². The molecule has 0 aliphatic rings. The number of nitrogens with two attached hydrogens (primary N) is 1. The highest BCUT2D eigenvalue weighted by Crippen LogP contribution is 2.04. The highest BCUT2D eigenvalue weighted by atomic mass is 16.2. The number of rotatable bonds is 10. The lowest BCUT2D eigenvalue weighted by Crippen LogP contribution is -2.40. The third-order valence-electron chi connectivity index (χ3n) is 3.16. The second-order valence-electron chi connectivity index (χ2n) is 5.31. The maximum atomic E-state index is 12.1. The van der Waals surface area contributed by atoms with E-state index >= 15 is 0 Å². The number of hydrogen-bond donors (Lipinski definition) is 1. The summed E-state index contributed by atoms with van der Waals surface area (Å²) in [5, 5.41) is 0. The Bertz CT molecular complexity index is 279. The Morgan fingerprint density at radius 1 is 1.26 bits per heavy atom. The van der Waals surface area contributed by atoms with Crippen LogP contribution in [0.1, 0.15) is 20.3 Å². The lowest BCUT2D eigenvalue weighted by molar-refractivity contribution is -0.131. The van der Waals surface area contributed by atoms with Crippen molar-refractivity contribution in [1.29, 1.82) is 0 Å². The van der Waals surface area contributed by atoms with E-state index in [4.69, 9.17) is 5.73 Å².